The predicted molar refractivity (Wildman–Crippen MR) is 140 cm³/mol. The van der Waals surface area contributed by atoms with Crippen molar-refractivity contribution in [3.63, 3.8) is 0 Å². The summed E-state index contributed by atoms with van der Waals surface area (Å²) in [6.07, 6.45) is 2.58. The van der Waals surface area contributed by atoms with E-state index in [0.29, 0.717) is 11.6 Å². The maximum absolute atomic E-state index is 15.7. The molecule has 12 heteroatoms. The molecular formula is C28H33F4N5O3. The first-order chi connectivity index (χ1) is 19.0. The molecule has 1 saturated carbocycles. The molecule has 0 unspecified atom stereocenters. The standard InChI is InChI=1S/C28H33F4N5O3/c1-17-5-7-21(8-6-17)27(38)37(18(2)16-39-4)23-9-10-24(25(29)19(23)3)40-26-22(28(30,31)32)13-20(14-33-26)15-36-34-11-12-35-36/h9-14,17-18,21H,5-8,15-16H2,1-4H3/t17?,18-,21?/m0/s1. The average molecular weight is 564 g/mol. The van der Waals surface area contributed by atoms with Crippen molar-refractivity contribution in [3.8, 4) is 11.6 Å². The van der Waals surface area contributed by atoms with E-state index >= 15 is 4.39 Å². The van der Waals surface area contributed by atoms with Crippen LogP contribution in [-0.4, -0.2) is 45.6 Å². The lowest BCUT2D eigenvalue weighted by Crippen LogP contribution is -2.45. The summed E-state index contributed by atoms with van der Waals surface area (Å²) in [6.45, 7) is 5.64. The molecule has 0 spiro atoms. The molecule has 216 valence electrons. The Morgan fingerprint density at radius 3 is 2.48 bits per heavy atom. The van der Waals surface area contributed by atoms with Crippen molar-refractivity contribution in [1.82, 2.24) is 20.0 Å². The number of nitrogens with zero attached hydrogens (tertiary/aromatic N) is 5. The number of methoxy groups -OCH3 is 1. The van der Waals surface area contributed by atoms with E-state index in [4.69, 9.17) is 9.47 Å². The number of ether oxygens (including phenoxy) is 2. The predicted octanol–water partition coefficient (Wildman–Crippen LogP) is 6.17. The highest BCUT2D eigenvalue weighted by Crippen LogP contribution is 2.40. The highest BCUT2D eigenvalue weighted by atomic mass is 19.4. The second-order valence-corrected chi connectivity index (χ2v) is 10.3. The monoisotopic (exact) mass is 563 g/mol. The number of benzene rings is 1. The highest BCUT2D eigenvalue weighted by Gasteiger charge is 2.37. The van der Waals surface area contributed by atoms with Crippen LogP contribution in [0.2, 0.25) is 0 Å². The van der Waals surface area contributed by atoms with E-state index in [1.54, 1.807) is 4.90 Å². The molecule has 0 radical (unpaired) electrons. The number of anilines is 1. The van der Waals surface area contributed by atoms with Gasteiger partial charge in [-0.2, -0.15) is 28.2 Å². The van der Waals surface area contributed by atoms with Crippen LogP contribution < -0.4 is 9.64 Å². The maximum Gasteiger partial charge on any atom is 0.421 e. The zero-order valence-electron chi connectivity index (χ0n) is 22.9. The molecular weight excluding hydrogens is 530 g/mol. The molecule has 0 bridgehead atoms. The maximum atomic E-state index is 15.7. The van der Waals surface area contributed by atoms with Gasteiger partial charge in [-0.05, 0) is 69.2 Å². The van der Waals surface area contributed by atoms with E-state index in [1.807, 2.05) is 6.92 Å². The van der Waals surface area contributed by atoms with Crippen LogP contribution in [0.1, 0.15) is 56.2 Å². The molecule has 0 N–H and O–H groups in total. The summed E-state index contributed by atoms with van der Waals surface area (Å²) < 4.78 is 68.0. The average Bonchev–Trinajstić information content (AvgIpc) is 3.42. The van der Waals surface area contributed by atoms with E-state index in [1.165, 1.54) is 49.6 Å². The molecule has 1 amide bonds. The molecule has 3 aromatic rings. The Morgan fingerprint density at radius 2 is 1.85 bits per heavy atom. The Morgan fingerprint density at radius 1 is 1.18 bits per heavy atom. The number of carbonyl (C=O) groups is 1. The number of rotatable bonds is 9. The minimum atomic E-state index is -4.81. The molecule has 1 aliphatic carbocycles. The number of aromatic nitrogens is 4. The van der Waals surface area contributed by atoms with Gasteiger partial charge < -0.3 is 14.4 Å². The zero-order valence-corrected chi connectivity index (χ0v) is 22.9. The molecule has 1 atom stereocenters. The van der Waals surface area contributed by atoms with Gasteiger partial charge in [-0.1, -0.05) is 6.92 Å². The Hall–Kier alpha value is -3.54. The van der Waals surface area contributed by atoms with Crippen LogP contribution >= 0.6 is 0 Å². The molecule has 8 nitrogen and oxygen atoms in total. The van der Waals surface area contributed by atoms with Crippen molar-refractivity contribution in [2.75, 3.05) is 18.6 Å². The van der Waals surface area contributed by atoms with Gasteiger partial charge in [-0.25, -0.2) is 9.37 Å². The van der Waals surface area contributed by atoms with Crippen LogP contribution in [0.25, 0.3) is 0 Å². The number of hydrogen-bond acceptors (Lipinski definition) is 6. The SMILES string of the molecule is COC[C@H](C)N(C(=O)C1CCC(C)CC1)c1ccc(Oc2ncc(Cn3nccn3)cc2C(F)(F)F)c(F)c1C. The summed E-state index contributed by atoms with van der Waals surface area (Å²) in [6, 6.07) is 3.21. The Balaban J connectivity index is 1.64. The fourth-order valence-corrected chi connectivity index (χ4v) is 5.04. The van der Waals surface area contributed by atoms with E-state index < -0.39 is 35.2 Å². The first kappa shape index (κ1) is 29.4. The summed E-state index contributed by atoms with van der Waals surface area (Å²) in [5.74, 6) is -1.85. The second-order valence-electron chi connectivity index (χ2n) is 10.3. The van der Waals surface area contributed by atoms with Crippen LogP contribution in [0.15, 0.2) is 36.8 Å². The van der Waals surface area contributed by atoms with Gasteiger partial charge in [0.05, 0.1) is 37.3 Å². The molecule has 1 aromatic carbocycles. The quantitative estimate of drug-likeness (QED) is 0.290. The minimum Gasteiger partial charge on any atom is -0.435 e. The summed E-state index contributed by atoms with van der Waals surface area (Å²) in [5.41, 5.74) is -0.561. The second kappa shape index (κ2) is 12.3. The van der Waals surface area contributed by atoms with E-state index in [-0.39, 0.29) is 36.1 Å². The number of halogens is 4. The van der Waals surface area contributed by atoms with Gasteiger partial charge in [-0.15, -0.1) is 0 Å². The minimum absolute atomic E-state index is 0.0328. The van der Waals surface area contributed by atoms with E-state index in [0.717, 1.165) is 31.7 Å². The first-order valence-electron chi connectivity index (χ1n) is 13.2. The molecule has 2 heterocycles. The smallest absolute Gasteiger partial charge is 0.421 e. The lowest BCUT2D eigenvalue weighted by molar-refractivity contribution is -0.139. The van der Waals surface area contributed by atoms with Gasteiger partial charge in [0.1, 0.15) is 5.56 Å². The third-order valence-electron chi connectivity index (χ3n) is 7.24. The lowest BCUT2D eigenvalue weighted by Gasteiger charge is -2.35. The summed E-state index contributed by atoms with van der Waals surface area (Å²) in [4.78, 5) is 20.2. The number of alkyl halides is 3. The summed E-state index contributed by atoms with van der Waals surface area (Å²) >= 11 is 0. The first-order valence-corrected chi connectivity index (χ1v) is 13.2. The number of carbonyl (C=O) groups excluding carboxylic acids is 1. The Bertz CT molecular complexity index is 1310. The van der Waals surface area contributed by atoms with E-state index in [2.05, 4.69) is 22.1 Å². The summed E-state index contributed by atoms with van der Waals surface area (Å²) in [5, 5.41) is 7.77. The van der Waals surface area contributed by atoms with Crippen molar-refractivity contribution in [3.05, 3.63) is 59.3 Å². The largest absolute Gasteiger partial charge is 0.435 e. The molecule has 0 saturated heterocycles. The molecule has 40 heavy (non-hydrogen) atoms. The van der Waals surface area contributed by atoms with Gasteiger partial charge in [0.15, 0.2) is 11.6 Å². The zero-order chi connectivity index (χ0) is 29.0. The molecule has 1 fully saturated rings. The lowest BCUT2D eigenvalue weighted by atomic mass is 9.82. The van der Waals surface area contributed by atoms with Crippen LogP contribution in [0.4, 0.5) is 23.2 Å². The number of amides is 1. The number of pyridine rings is 1. The molecule has 4 rings (SSSR count). The van der Waals surface area contributed by atoms with Gasteiger partial charge in [0.2, 0.25) is 11.8 Å². The van der Waals surface area contributed by atoms with Crippen LogP contribution in [-0.2, 0) is 22.3 Å². The van der Waals surface area contributed by atoms with Crippen molar-refractivity contribution in [2.24, 2.45) is 11.8 Å². The van der Waals surface area contributed by atoms with Gasteiger partial charge in [-0.3, -0.25) is 4.79 Å². The van der Waals surface area contributed by atoms with Crippen LogP contribution in [0, 0.1) is 24.6 Å². The molecule has 2 aromatic heterocycles. The summed E-state index contributed by atoms with van der Waals surface area (Å²) in [7, 11) is 1.52. The van der Waals surface area contributed by atoms with Gasteiger partial charge >= 0.3 is 6.18 Å². The topological polar surface area (TPSA) is 82.4 Å². The number of hydrogen-bond donors (Lipinski definition) is 0. The van der Waals surface area contributed by atoms with Crippen molar-refractivity contribution in [2.45, 2.75) is 65.2 Å². The fourth-order valence-electron chi connectivity index (χ4n) is 5.04. The molecule has 0 aliphatic heterocycles. The van der Waals surface area contributed by atoms with Crippen LogP contribution in [0.5, 0.6) is 11.6 Å². The Kier molecular flexibility index (Phi) is 9.07. The third-order valence-corrected chi connectivity index (χ3v) is 7.24. The van der Waals surface area contributed by atoms with Gasteiger partial charge in [0.25, 0.3) is 0 Å². The normalized spacial score (nSPS) is 18.4. The van der Waals surface area contributed by atoms with Gasteiger partial charge in [0, 0.05) is 24.8 Å². The molecule has 1 aliphatic rings. The fraction of sp³-hybridized carbons (Fsp3) is 0.500. The van der Waals surface area contributed by atoms with Crippen molar-refractivity contribution < 1.29 is 31.8 Å². The van der Waals surface area contributed by atoms with Crippen molar-refractivity contribution in [1.29, 1.82) is 0 Å². The third kappa shape index (κ3) is 6.60. The highest BCUT2D eigenvalue weighted by molar-refractivity contribution is 5.96. The van der Waals surface area contributed by atoms with Crippen molar-refractivity contribution >= 4 is 11.6 Å². The van der Waals surface area contributed by atoms with E-state index in [9.17, 15) is 18.0 Å². The Labute approximate surface area is 230 Å². The van der Waals surface area contributed by atoms with Crippen LogP contribution in [0.3, 0.4) is 0 Å².